The largest absolute Gasteiger partial charge is 0.394 e. The van der Waals surface area contributed by atoms with Crippen LogP contribution < -0.4 is 11.3 Å². The number of hydrogen-bond acceptors (Lipinski definition) is 8. The Hall–Kier alpha value is -2.01. The summed E-state index contributed by atoms with van der Waals surface area (Å²) >= 11 is 0. The fraction of sp³-hybridized carbons (Fsp3) is 0.545. The second kappa shape index (κ2) is 4.49. The monoisotopic (exact) mass is 297 g/mol. The van der Waals surface area contributed by atoms with Crippen LogP contribution in [0.3, 0.4) is 0 Å². The van der Waals surface area contributed by atoms with Gasteiger partial charge >= 0.3 is 0 Å². The predicted octanol–water partition coefficient (Wildman–Crippen LogP) is -2.30. The smallest absolute Gasteiger partial charge is 0.263 e. The summed E-state index contributed by atoms with van der Waals surface area (Å²) in [7, 11) is 0. The van der Waals surface area contributed by atoms with E-state index in [1.807, 2.05) is 0 Å². The number of aliphatic hydroxyl groups is 3. The van der Waals surface area contributed by atoms with Gasteiger partial charge in [0.1, 0.15) is 23.2 Å². The average Bonchev–Trinajstić information content (AvgIpc) is 2.91. The summed E-state index contributed by atoms with van der Waals surface area (Å²) in [5.74, 6) is -0.105. The van der Waals surface area contributed by atoms with E-state index in [0.717, 1.165) is 0 Å². The molecule has 3 rings (SSSR count). The Balaban J connectivity index is 2.15. The maximum Gasteiger partial charge on any atom is 0.263 e. The lowest BCUT2D eigenvalue weighted by atomic mass is 9.97. The molecule has 1 saturated heterocycles. The molecule has 0 aromatic carbocycles. The Kier molecular flexibility index (Phi) is 2.99. The van der Waals surface area contributed by atoms with E-state index in [-0.39, 0.29) is 17.0 Å². The van der Waals surface area contributed by atoms with E-state index in [0.29, 0.717) is 0 Å². The number of H-pyrrole nitrogens is 1. The van der Waals surface area contributed by atoms with Crippen LogP contribution >= 0.6 is 0 Å². The Bertz CT molecular complexity index is 738. The summed E-state index contributed by atoms with van der Waals surface area (Å²) in [5.41, 5.74) is 3.43. The molecule has 0 radical (unpaired) electrons. The van der Waals surface area contributed by atoms with Crippen LogP contribution in [0.5, 0.6) is 0 Å². The van der Waals surface area contributed by atoms with Crippen molar-refractivity contribution in [1.82, 2.24) is 19.7 Å². The zero-order valence-corrected chi connectivity index (χ0v) is 11.1. The fourth-order valence-corrected chi connectivity index (χ4v) is 2.47. The van der Waals surface area contributed by atoms with Crippen LogP contribution in [0, 0.1) is 0 Å². The molecule has 2 unspecified atom stereocenters. The molecule has 3 heterocycles. The number of nitrogens with two attached hydrogens (primary N) is 1. The lowest BCUT2D eigenvalue weighted by Gasteiger charge is -2.26. The minimum atomic E-state index is -1.72. The predicted molar refractivity (Wildman–Crippen MR) is 70.2 cm³/mol. The second-order valence-electron chi connectivity index (χ2n) is 5.16. The molecule has 1 aliphatic rings. The van der Waals surface area contributed by atoms with Gasteiger partial charge in [0.25, 0.3) is 5.56 Å². The summed E-state index contributed by atoms with van der Waals surface area (Å²) in [6, 6.07) is 0. The molecule has 2 aromatic rings. The van der Waals surface area contributed by atoms with Gasteiger partial charge in [-0.2, -0.15) is 10.1 Å². The number of aromatic amines is 1. The lowest BCUT2D eigenvalue weighted by molar-refractivity contribution is -0.100. The van der Waals surface area contributed by atoms with E-state index < -0.39 is 36.2 Å². The van der Waals surface area contributed by atoms with Crippen molar-refractivity contribution in [2.24, 2.45) is 0 Å². The maximum absolute atomic E-state index is 11.8. The van der Waals surface area contributed by atoms with Crippen molar-refractivity contribution in [3.8, 4) is 0 Å². The van der Waals surface area contributed by atoms with Crippen LogP contribution in [-0.2, 0) is 4.74 Å². The topological polar surface area (TPSA) is 160 Å². The van der Waals surface area contributed by atoms with Gasteiger partial charge in [0.2, 0.25) is 5.95 Å². The first-order valence-corrected chi connectivity index (χ1v) is 6.26. The average molecular weight is 297 g/mol. The fourth-order valence-electron chi connectivity index (χ4n) is 2.47. The third kappa shape index (κ3) is 1.92. The molecule has 0 bridgehead atoms. The first-order valence-electron chi connectivity index (χ1n) is 6.26. The normalized spacial score (nSPS) is 32.9. The van der Waals surface area contributed by atoms with Crippen molar-refractivity contribution in [3.05, 3.63) is 16.6 Å². The van der Waals surface area contributed by atoms with Gasteiger partial charge in [-0.1, -0.05) is 0 Å². The van der Waals surface area contributed by atoms with Crippen LogP contribution in [0.15, 0.2) is 11.0 Å². The quantitative estimate of drug-likeness (QED) is 0.414. The van der Waals surface area contributed by atoms with Crippen LogP contribution in [0.25, 0.3) is 11.0 Å². The second-order valence-corrected chi connectivity index (χ2v) is 5.16. The van der Waals surface area contributed by atoms with E-state index >= 15 is 0 Å². The highest BCUT2D eigenvalue weighted by atomic mass is 16.6. The molecule has 10 nitrogen and oxygen atoms in total. The minimum Gasteiger partial charge on any atom is -0.394 e. The van der Waals surface area contributed by atoms with Crippen molar-refractivity contribution in [2.75, 3.05) is 12.3 Å². The summed E-state index contributed by atoms with van der Waals surface area (Å²) in [4.78, 5) is 18.1. The molecular weight excluding hydrogens is 282 g/mol. The van der Waals surface area contributed by atoms with Gasteiger partial charge in [-0.15, -0.1) is 0 Å². The first-order chi connectivity index (χ1) is 9.86. The maximum atomic E-state index is 11.8. The summed E-state index contributed by atoms with van der Waals surface area (Å²) in [6.07, 6.45) is -2.14. The van der Waals surface area contributed by atoms with Crippen molar-refractivity contribution >= 4 is 17.0 Å². The number of ether oxygens (including phenoxy) is 1. The van der Waals surface area contributed by atoms with E-state index in [1.54, 1.807) is 0 Å². The highest BCUT2D eigenvalue weighted by Crippen LogP contribution is 2.38. The van der Waals surface area contributed by atoms with Crippen LogP contribution in [0.2, 0.25) is 0 Å². The van der Waals surface area contributed by atoms with Crippen molar-refractivity contribution in [1.29, 1.82) is 0 Å². The van der Waals surface area contributed by atoms with Crippen LogP contribution in [-0.4, -0.2) is 59.5 Å². The standard InChI is InChI=1S/C11H15N5O5/c1-11(20)6(18)5(3-17)21-9(11)16-7-4(2-13-16)8(19)15-10(12)14-7/h2,5-6,9,17-18,20H,3H2,1H3,(H3,12,14,15,19)/t5-,6?,9-,11?/m1/s1. The molecule has 0 amide bonds. The van der Waals surface area contributed by atoms with Gasteiger partial charge in [0.15, 0.2) is 11.9 Å². The van der Waals surface area contributed by atoms with Crippen molar-refractivity contribution in [2.45, 2.75) is 31.0 Å². The molecule has 1 aliphatic heterocycles. The van der Waals surface area contributed by atoms with Gasteiger partial charge in [-0.25, -0.2) is 4.68 Å². The molecule has 1 fully saturated rings. The minimum absolute atomic E-state index is 0.105. The molecule has 21 heavy (non-hydrogen) atoms. The van der Waals surface area contributed by atoms with E-state index in [2.05, 4.69) is 15.1 Å². The van der Waals surface area contributed by atoms with Crippen molar-refractivity contribution < 1.29 is 20.1 Å². The zero-order valence-electron chi connectivity index (χ0n) is 11.1. The summed E-state index contributed by atoms with van der Waals surface area (Å²) in [5, 5.41) is 33.7. The number of fused-ring (bicyclic) bond motifs is 1. The van der Waals surface area contributed by atoms with Crippen LogP contribution in [0.4, 0.5) is 5.95 Å². The number of anilines is 1. The molecule has 0 spiro atoms. The SMILES string of the molecule is CC1(O)C(O)[C@@H](CO)O[C@H]1n1ncc2c(=O)[nH]c(N)nc21. The summed E-state index contributed by atoms with van der Waals surface area (Å²) in [6.45, 7) is 0.880. The molecule has 6 N–H and O–H groups in total. The first kappa shape index (κ1) is 13.9. The number of nitrogen functional groups attached to an aromatic ring is 1. The Labute approximate surface area is 117 Å². The number of nitrogens with one attached hydrogen (secondary N) is 1. The molecule has 0 aliphatic carbocycles. The van der Waals surface area contributed by atoms with E-state index in [1.165, 1.54) is 17.8 Å². The van der Waals surface area contributed by atoms with Gasteiger partial charge in [0.05, 0.1) is 12.8 Å². The number of rotatable bonds is 2. The third-order valence-corrected chi connectivity index (χ3v) is 3.64. The molecule has 0 saturated carbocycles. The molecule has 10 heteroatoms. The van der Waals surface area contributed by atoms with Crippen molar-refractivity contribution in [3.63, 3.8) is 0 Å². The molecular formula is C11H15N5O5. The van der Waals surface area contributed by atoms with Gasteiger partial charge < -0.3 is 25.8 Å². The van der Waals surface area contributed by atoms with E-state index in [4.69, 9.17) is 15.6 Å². The van der Waals surface area contributed by atoms with Gasteiger partial charge in [0, 0.05) is 0 Å². The lowest BCUT2D eigenvalue weighted by Crippen LogP contribution is -2.44. The number of hydrogen-bond donors (Lipinski definition) is 5. The van der Waals surface area contributed by atoms with Gasteiger partial charge in [-0.3, -0.25) is 9.78 Å². The Morgan fingerprint density at radius 2 is 2.33 bits per heavy atom. The Morgan fingerprint density at radius 3 is 2.95 bits per heavy atom. The Morgan fingerprint density at radius 1 is 1.62 bits per heavy atom. The number of aliphatic hydroxyl groups excluding tert-OH is 2. The van der Waals surface area contributed by atoms with Gasteiger partial charge in [-0.05, 0) is 6.92 Å². The molecule has 2 aromatic heterocycles. The van der Waals surface area contributed by atoms with Crippen LogP contribution in [0.1, 0.15) is 13.2 Å². The highest BCUT2D eigenvalue weighted by Gasteiger charge is 2.53. The number of aromatic nitrogens is 4. The van der Waals surface area contributed by atoms with E-state index in [9.17, 15) is 15.0 Å². The molecule has 114 valence electrons. The highest BCUT2D eigenvalue weighted by molar-refractivity contribution is 5.74. The zero-order chi connectivity index (χ0) is 15.4. The summed E-state index contributed by atoms with van der Waals surface area (Å²) < 4.78 is 6.59. The molecule has 4 atom stereocenters. The third-order valence-electron chi connectivity index (χ3n) is 3.64. The number of nitrogens with zero attached hydrogens (tertiary/aromatic N) is 3.